The van der Waals surface area contributed by atoms with Gasteiger partial charge in [0.05, 0.1) is 0 Å². The molecule has 19 heavy (non-hydrogen) atoms. The Labute approximate surface area is 114 Å². The third kappa shape index (κ3) is 2.64. The molecule has 0 spiro atoms. The molecule has 1 N–H and O–H groups in total. The van der Waals surface area contributed by atoms with E-state index in [1.54, 1.807) is 0 Å². The SMILES string of the molecule is [c]1cccc(OC2(c3ccccc3)CCNCC2)c1. The molecule has 0 atom stereocenters. The zero-order valence-corrected chi connectivity index (χ0v) is 10.9. The zero-order valence-electron chi connectivity index (χ0n) is 10.9. The van der Waals surface area contributed by atoms with Gasteiger partial charge in [0.2, 0.25) is 0 Å². The molecule has 0 aromatic heterocycles. The molecule has 0 aliphatic carbocycles. The molecule has 1 saturated heterocycles. The third-order valence-electron chi connectivity index (χ3n) is 3.70. The summed E-state index contributed by atoms with van der Waals surface area (Å²) in [5.41, 5.74) is 1.06. The number of ether oxygens (including phenoxy) is 1. The predicted octanol–water partition coefficient (Wildman–Crippen LogP) is 3.14. The Hall–Kier alpha value is -1.80. The van der Waals surface area contributed by atoms with Gasteiger partial charge >= 0.3 is 0 Å². The lowest BCUT2D eigenvalue weighted by Crippen LogP contribution is -2.44. The van der Waals surface area contributed by atoms with Crippen molar-refractivity contribution in [1.82, 2.24) is 5.32 Å². The normalized spacial score (nSPS) is 17.9. The van der Waals surface area contributed by atoms with Crippen molar-refractivity contribution in [3.8, 4) is 5.75 Å². The van der Waals surface area contributed by atoms with E-state index in [9.17, 15) is 0 Å². The van der Waals surface area contributed by atoms with Crippen molar-refractivity contribution in [3.05, 3.63) is 66.2 Å². The molecular formula is C17H18NO. The van der Waals surface area contributed by atoms with E-state index in [0.29, 0.717) is 0 Å². The first-order valence-corrected chi connectivity index (χ1v) is 6.80. The van der Waals surface area contributed by atoms with Crippen molar-refractivity contribution in [3.63, 3.8) is 0 Å². The lowest BCUT2D eigenvalue weighted by Gasteiger charge is -2.38. The van der Waals surface area contributed by atoms with Crippen molar-refractivity contribution in [2.24, 2.45) is 0 Å². The highest BCUT2D eigenvalue weighted by molar-refractivity contribution is 5.28. The van der Waals surface area contributed by atoms with Gasteiger partial charge in [-0.3, -0.25) is 0 Å². The summed E-state index contributed by atoms with van der Waals surface area (Å²) in [4.78, 5) is 0. The molecule has 1 aliphatic rings. The largest absolute Gasteiger partial charge is 0.482 e. The molecule has 0 saturated carbocycles. The summed E-state index contributed by atoms with van der Waals surface area (Å²) in [5.74, 6) is 0.897. The number of hydrogen-bond acceptors (Lipinski definition) is 2. The molecule has 0 bridgehead atoms. The van der Waals surface area contributed by atoms with Gasteiger partial charge in [0.25, 0.3) is 0 Å². The van der Waals surface area contributed by atoms with Gasteiger partial charge < -0.3 is 10.1 Å². The zero-order chi connectivity index (χ0) is 13.0. The van der Waals surface area contributed by atoms with Crippen LogP contribution in [0.25, 0.3) is 0 Å². The smallest absolute Gasteiger partial charge is 0.136 e. The average molecular weight is 252 g/mol. The summed E-state index contributed by atoms with van der Waals surface area (Å²) in [6.45, 7) is 1.98. The van der Waals surface area contributed by atoms with Crippen molar-refractivity contribution >= 4 is 0 Å². The van der Waals surface area contributed by atoms with Crippen molar-refractivity contribution in [2.45, 2.75) is 18.4 Å². The molecule has 1 radical (unpaired) electrons. The number of benzene rings is 2. The van der Waals surface area contributed by atoms with Crippen LogP contribution in [0, 0.1) is 6.07 Å². The van der Waals surface area contributed by atoms with Gasteiger partial charge in [0, 0.05) is 12.8 Å². The Balaban J connectivity index is 1.93. The highest BCUT2D eigenvalue weighted by atomic mass is 16.5. The van der Waals surface area contributed by atoms with Crippen LogP contribution < -0.4 is 10.1 Å². The van der Waals surface area contributed by atoms with Crippen LogP contribution in [0.3, 0.4) is 0 Å². The maximum absolute atomic E-state index is 6.36. The Morgan fingerprint density at radius 3 is 2.47 bits per heavy atom. The van der Waals surface area contributed by atoms with Crippen molar-refractivity contribution < 1.29 is 4.74 Å². The van der Waals surface area contributed by atoms with Crippen LogP contribution in [0.1, 0.15) is 18.4 Å². The van der Waals surface area contributed by atoms with E-state index >= 15 is 0 Å². The maximum atomic E-state index is 6.36. The minimum Gasteiger partial charge on any atom is -0.482 e. The molecule has 0 unspecified atom stereocenters. The van der Waals surface area contributed by atoms with E-state index in [1.807, 2.05) is 24.3 Å². The van der Waals surface area contributed by atoms with Gasteiger partial charge in [0.1, 0.15) is 11.4 Å². The Morgan fingerprint density at radius 2 is 1.79 bits per heavy atom. The first-order valence-electron chi connectivity index (χ1n) is 6.80. The van der Waals surface area contributed by atoms with Gasteiger partial charge in [-0.05, 0) is 36.9 Å². The van der Waals surface area contributed by atoms with Crippen LogP contribution in [0.2, 0.25) is 0 Å². The quantitative estimate of drug-likeness (QED) is 0.906. The molecule has 3 rings (SSSR count). The molecule has 1 aliphatic heterocycles. The van der Waals surface area contributed by atoms with Crippen molar-refractivity contribution in [2.75, 3.05) is 13.1 Å². The van der Waals surface area contributed by atoms with Crippen LogP contribution in [0.15, 0.2) is 54.6 Å². The van der Waals surface area contributed by atoms with E-state index in [2.05, 4.69) is 41.7 Å². The summed E-state index contributed by atoms with van der Waals surface area (Å²) in [6, 6.07) is 21.4. The molecule has 97 valence electrons. The van der Waals surface area contributed by atoms with E-state index in [0.717, 1.165) is 31.7 Å². The van der Waals surface area contributed by atoms with Crippen LogP contribution in [0.4, 0.5) is 0 Å². The van der Waals surface area contributed by atoms with Crippen LogP contribution in [-0.2, 0) is 5.60 Å². The highest BCUT2D eigenvalue weighted by Gasteiger charge is 2.35. The molecule has 1 fully saturated rings. The van der Waals surface area contributed by atoms with Gasteiger partial charge in [0.15, 0.2) is 0 Å². The van der Waals surface area contributed by atoms with Crippen LogP contribution in [-0.4, -0.2) is 13.1 Å². The Bertz CT molecular complexity index is 503. The van der Waals surface area contributed by atoms with Crippen LogP contribution in [0.5, 0.6) is 5.75 Å². The number of rotatable bonds is 3. The van der Waals surface area contributed by atoms with E-state index in [1.165, 1.54) is 5.56 Å². The lowest BCUT2D eigenvalue weighted by atomic mass is 9.84. The topological polar surface area (TPSA) is 21.3 Å². The summed E-state index contributed by atoms with van der Waals surface area (Å²) in [7, 11) is 0. The molecule has 2 aromatic carbocycles. The fourth-order valence-electron chi connectivity index (χ4n) is 2.69. The van der Waals surface area contributed by atoms with E-state index in [4.69, 9.17) is 4.74 Å². The molecule has 0 amide bonds. The standard InChI is InChI=1S/C17H18NO/c1-3-7-15(8-4-1)17(11-13-18-14-12-17)19-16-9-5-2-6-10-16/h1-5,7-10,18H,11-14H2. The molecule has 1 heterocycles. The maximum Gasteiger partial charge on any atom is 0.136 e. The number of hydrogen-bond donors (Lipinski definition) is 1. The number of nitrogens with one attached hydrogen (secondary N) is 1. The minimum atomic E-state index is -0.207. The monoisotopic (exact) mass is 252 g/mol. The molecule has 2 heteroatoms. The van der Waals surface area contributed by atoms with E-state index < -0.39 is 0 Å². The second-order valence-electron chi connectivity index (χ2n) is 4.95. The van der Waals surface area contributed by atoms with Gasteiger partial charge in [-0.25, -0.2) is 0 Å². The van der Waals surface area contributed by atoms with Crippen LogP contribution >= 0.6 is 0 Å². The Kier molecular flexibility index (Phi) is 3.51. The predicted molar refractivity (Wildman–Crippen MR) is 76.1 cm³/mol. The summed E-state index contributed by atoms with van der Waals surface area (Å²) < 4.78 is 6.36. The van der Waals surface area contributed by atoms with Gasteiger partial charge in [-0.1, -0.05) is 42.5 Å². The summed E-state index contributed by atoms with van der Waals surface area (Å²) in [5, 5.41) is 3.41. The fourth-order valence-corrected chi connectivity index (χ4v) is 2.69. The minimum absolute atomic E-state index is 0.207. The van der Waals surface area contributed by atoms with Crippen molar-refractivity contribution in [1.29, 1.82) is 0 Å². The van der Waals surface area contributed by atoms with Gasteiger partial charge in [-0.2, -0.15) is 0 Å². The highest BCUT2D eigenvalue weighted by Crippen LogP contribution is 2.35. The summed E-state index contributed by atoms with van der Waals surface area (Å²) in [6.07, 6.45) is 1.98. The second kappa shape index (κ2) is 5.45. The molecule has 2 nitrogen and oxygen atoms in total. The average Bonchev–Trinajstić information content (AvgIpc) is 2.50. The second-order valence-corrected chi connectivity index (χ2v) is 4.95. The van der Waals surface area contributed by atoms with E-state index in [-0.39, 0.29) is 5.60 Å². The third-order valence-corrected chi connectivity index (χ3v) is 3.70. The first kappa shape index (κ1) is 12.2. The molecule has 2 aromatic rings. The number of piperidine rings is 1. The fraction of sp³-hybridized carbons (Fsp3) is 0.294. The first-order chi connectivity index (χ1) is 9.39. The summed E-state index contributed by atoms with van der Waals surface area (Å²) >= 11 is 0. The Morgan fingerprint density at radius 1 is 1.00 bits per heavy atom. The van der Waals surface area contributed by atoms with Gasteiger partial charge in [-0.15, -0.1) is 0 Å². The molecular weight excluding hydrogens is 234 g/mol. The lowest BCUT2D eigenvalue weighted by molar-refractivity contribution is 0.0332.